The molecule has 3 heterocycles. The van der Waals surface area contributed by atoms with Crippen molar-refractivity contribution in [2.75, 3.05) is 10.6 Å². The second-order valence-corrected chi connectivity index (χ2v) is 6.51. The van der Waals surface area contributed by atoms with Gasteiger partial charge in [0.15, 0.2) is 10.3 Å². The Bertz CT molecular complexity index is 858. The van der Waals surface area contributed by atoms with Crippen LogP contribution in [-0.4, -0.2) is 26.0 Å². The lowest BCUT2D eigenvalue weighted by atomic mass is 10.3. The van der Waals surface area contributed by atoms with Crippen molar-refractivity contribution in [3.63, 3.8) is 0 Å². The number of carbonyl (C=O) groups excluding carboxylic acids is 1. The molecule has 0 aliphatic carbocycles. The average Bonchev–Trinajstić information content (AvgIpc) is 3.07. The van der Waals surface area contributed by atoms with Crippen LogP contribution in [0.15, 0.2) is 23.7 Å². The Balaban J connectivity index is 1.83. The summed E-state index contributed by atoms with van der Waals surface area (Å²) in [6.07, 6.45) is 1.51. The minimum Gasteiger partial charge on any atom is -0.492 e. The van der Waals surface area contributed by atoms with Gasteiger partial charge in [-0.25, -0.2) is 15.0 Å². The second-order valence-electron chi connectivity index (χ2n) is 4.65. The minimum atomic E-state index is -0.155. The summed E-state index contributed by atoms with van der Waals surface area (Å²) < 4.78 is 0. The van der Waals surface area contributed by atoms with E-state index >= 15 is 0 Å². The van der Waals surface area contributed by atoms with Gasteiger partial charge in [-0.1, -0.05) is 11.3 Å². The molecule has 0 aliphatic rings. The number of aromatic nitrogens is 3. The molecule has 3 rings (SSSR count). The van der Waals surface area contributed by atoms with Crippen molar-refractivity contribution in [3.05, 3.63) is 29.4 Å². The van der Waals surface area contributed by atoms with Crippen LogP contribution in [0.1, 0.15) is 12.6 Å². The van der Waals surface area contributed by atoms with E-state index in [1.54, 1.807) is 12.1 Å². The highest BCUT2D eigenvalue weighted by atomic mass is 32.1. The fraction of sp³-hybridized carbons (Fsp3) is 0.143. The number of amides is 1. The van der Waals surface area contributed by atoms with E-state index in [0.717, 1.165) is 16.3 Å². The van der Waals surface area contributed by atoms with Gasteiger partial charge >= 0.3 is 0 Å². The van der Waals surface area contributed by atoms with Crippen LogP contribution in [0.2, 0.25) is 0 Å². The molecule has 0 radical (unpaired) electrons. The van der Waals surface area contributed by atoms with Gasteiger partial charge < -0.3 is 15.7 Å². The molecule has 23 heavy (non-hydrogen) atoms. The van der Waals surface area contributed by atoms with Crippen molar-refractivity contribution in [2.45, 2.75) is 13.8 Å². The van der Waals surface area contributed by atoms with Crippen LogP contribution < -0.4 is 10.6 Å². The number of nitrogens with zero attached hydrogens (tertiary/aromatic N) is 3. The maximum atomic E-state index is 11.1. The van der Waals surface area contributed by atoms with E-state index in [2.05, 4.69) is 25.6 Å². The van der Waals surface area contributed by atoms with E-state index in [4.69, 9.17) is 0 Å². The summed E-state index contributed by atoms with van der Waals surface area (Å²) in [4.78, 5) is 24.6. The molecule has 1 amide bonds. The van der Waals surface area contributed by atoms with Crippen LogP contribution in [0.25, 0.3) is 10.6 Å². The van der Waals surface area contributed by atoms with Gasteiger partial charge in [-0.2, -0.15) is 0 Å². The molecular formula is C14H13N5O2S2. The predicted molar refractivity (Wildman–Crippen MR) is 91.4 cm³/mol. The first-order valence-electron chi connectivity index (χ1n) is 6.65. The molecule has 0 aliphatic heterocycles. The number of nitrogens with one attached hydrogen (secondary N) is 2. The van der Waals surface area contributed by atoms with Crippen LogP contribution in [0.4, 0.5) is 16.0 Å². The number of hydrogen-bond donors (Lipinski definition) is 3. The smallest absolute Gasteiger partial charge is 0.235 e. The normalized spacial score (nSPS) is 10.5. The van der Waals surface area contributed by atoms with Crippen LogP contribution in [0.3, 0.4) is 0 Å². The molecule has 0 fully saturated rings. The van der Waals surface area contributed by atoms with E-state index in [1.807, 2.05) is 12.3 Å². The summed E-state index contributed by atoms with van der Waals surface area (Å²) in [5.74, 6) is -0.232. The zero-order chi connectivity index (χ0) is 16.4. The molecule has 3 aromatic heterocycles. The number of aryl methyl sites for hydroxylation is 1. The summed E-state index contributed by atoms with van der Waals surface area (Å²) in [7, 11) is 0. The highest BCUT2D eigenvalue weighted by molar-refractivity contribution is 7.20. The standard InChI is InChI=1S/C14H13N5O2S2/c1-7-11(23-14(16-7)17-8(2)20)10-6-22-13(19-10)18-9-4-3-5-15-12(9)21/h3-6H,1-2H3,(H,15,21)(H,18,19)(H,16,17,20). The largest absolute Gasteiger partial charge is 0.492 e. The first kappa shape index (κ1) is 15.4. The molecule has 9 heteroatoms. The van der Waals surface area contributed by atoms with E-state index in [9.17, 15) is 9.90 Å². The Morgan fingerprint density at radius 1 is 1.30 bits per heavy atom. The fourth-order valence-corrected chi connectivity index (χ4v) is 3.64. The number of hydrogen-bond acceptors (Lipinski definition) is 8. The number of carbonyl (C=O) groups is 1. The predicted octanol–water partition coefficient (Wildman–Crippen LogP) is 3.38. The molecule has 0 unspecified atom stereocenters. The monoisotopic (exact) mass is 347 g/mol. The minimum absolute atomic E-state index is 0.0776. The van der Waals surface area contributed by atoms with Crippen LogP contribution in [0, 0.1) is 6.92 Å². The lowest BCUT2D eigenvalue weighted by molar-refractivity contribution is -0.114. The van der Waals surface area contributed by atoms with Gasteiger partial charge in [-0.05, 0) is 19.1 Å². The van der Waals surface area contributed by atoms with Gasteiger partial charge in [-0.15, -0.1) is 11.3 Å². The second kappa shape index (κ2) is 6.31. The first-order chi connectivity index (χ1) is 11.0. The van der Waals surface area contributed by atoms with Gasteiger partial charge in [0.05, 0.1) is 16.3 Å². The van der Waals surface area contributed by atoms with Gasteiger partial charge in [0.2, 0.25) is 11.8 Å². The fourth-order valence-electron chi connectivity index (χ4n) is 1.88. The van der Waals surface area contributed by atoms with Crippen LogP contribution in [0.5, 0.6) is 5.88 Å². The van der Waals surface area contributed by atoms with E-state index in [1.165, 1.54) is 35.8 Å². The molecule has 3 N–H and O–H groups in total. The van der Waals surface area contributed by atoms with Crippen molar-refractivity contribution in [3.8, 4) is 16.5 Å². The molecular weight excluding hydrogens is 334 g/mol. The molecule has 3 aromatic rings. The maximum absolute atomic E-state index is 11.1. The third kappa shape index (κ3) is 3.46. The third-order valence-corrected chi connectivity index (χ3v) is 4.70. The molecule has 7 nitrogen and oxygen atoms in total. The Labute approximate surface area is 140 Å². The lowest BCUT2D eigenvalue weighted by Gasteiger charge is -2.02. The zero-order valence-electron chi connectivity index (χ0n) is 12.3. The van der Waals surface area contributed by atoms with Crippen LogP contribution in [-0.2, 0) is 4.79 Å². The number of aromatic hydroxyl groups is 1. The molecule has 0 aromatic carbocycles. The molecule has 118 valence electrons. The first-order valence-corrected chi connectivity index (χ1v) is 8.34. The number of anilines is 3. The van der Waals surface area contributed by atoms with Gasteiger partial charge in [0.1, 0.15) is 5.69 Å². The summed E-state index contributed by atoms with van der Waals surface area (Å²) >= 11 is 2.79. The molecule has 0 saturated carbocycles. The zero-order valence-corrected chi connectivity index (χ0v) is 14.0. The molecule has 0 atom stereocenters. The lowest BCUT2D eigenvalue weighted by Crippen LogP contribution is -2.04. The number of rotatable bonds is 4. The van der Waals surface area contributed by atoms with Gasteiger partial charge in [0.25, 0.3) is 0 Å². The Morgan fingerprint density at radius 3 is 2.87 bits per heavy atom. The van der Waals surface area contributed by atoms with Crippen molar-refractivity contribution < 1.29 is 9.90 Å². The molecule has 0 spiro atoms. The number of pyridine rings is 1. The SMILES string of the molecule is CC(=O)Nc1nc(C)c(-c2csc(Nc3cccnc3O)n2)s1. The highest BCUT2D eigenvalue weighted by Crippen LogP contribution is 2.35. The van der Waals surface area contributed by atoms with Crippen LogP contribution >= 0.6 is 22.7 Å². The van der Waals surface area contributed by atoms with Crippen molar-refractivity contribution in [1.82, 2.24) is 15.0 Å². The average molecular weight is 347 g/mol. The molecule has 0 bridgehead atoms. The van der Waals surface area contributed by atoms with E-state index in [-0.39, 0.29) is 11.8 Å². The van der Waals surface area contributed by atoms with Crippen molar-refractivity contribution in [2.24, 2.45) is 0 Å². The summed E-state index contributed by atoms with van der Waals surface area (Å²) in [5.41, 5.74) is 2.07. The maximum Gasteiger partial charge on any atom is 0.235 e. The Morgan fingerprint density at radius 2 is 2.13 bits per heavy atom. The summed E-state index contributed by atoms with van der Waals surface area (Å²) in [6.45, 7) is 3.32. The third-order valence-electron chi connectivity index (χ3n) is 2.84. The van der Waals surface area contributed by atoms with E-state index < -0.39 is 0 Å². The van der Waals surface area contributed by atoms with Gasteiger partial charge in [-0.3, -0.25) is 4.79 Å². The molecule has 0 saturated heterocycles. The van der Waals surface area contributed by atoms with Crippen molar-refractivity contribution in [1.29, 1.82) is 0 Å². The van der Waals surface area contributed by atoms with Gasteiger partial charge in [0, 0.05) is 18.5 Å². The number of thiazole rings is 2. The Hall–Kier alpha value is -2.52. The summed E-state index contributed by atoms with van der Waals surface area (Å²) in [5, 5.41) is 18.5. The Kier molecular flexibility index (Phi) is 4.22. The summed E-state index contributed by atoms with van der Waals surface area (Å²) in [6, 6.07) is 3.44. The quantitative estimate of drug-likeness (QED) is 0.669. The van der Waals surface area contributed by atoms with E-state index in [0.29, 0.717) is 16.0 Å². The highest BCUT2D eigenvalue weighted by Gasteiger charge is 2.14. The van der Waals surface area contributed by atoms with Crippen molar-refractivity contribution >= 4 is 44.5 Å². The topological polar surface area (TPSA) is 100 Å².